The van der Waals surface area contributed by atoms with Crippen molar-refractivity contribution in [2.75, 3.05) is 16.9 Å². The summed E-state index contributed by atoms with van der Waals surface area (Å²) in [6.45, 7) is 1.69. The van der Waals surface area contributed by atoms with Crippen LogP contribution in [0.15, 0.2) is 35.6 Å². The molecule has 3 aromatic rings. The largest absolute Gasteiger partial charge is 0.416 e. The Morgan fingerprint density at radius 2 is 2.14 bits per heavy atom. The molecule has 7 nitrogen and oxygen atoms in total. The van der Waals surface area contributed by atoms with Crippen LogP contribution in [0.1, 0.15) is 21.8 Å². The number of nitrogens with zero attached hydrogens (tertiary/aromatic N) is 4. The van der Waals surface area contributed by atoms with Crippen LogP contribution in [0.25, 0.3) is 0 Å². The number of nitrogens with two attached hydrogens (primary N) is 1. The fraction of sp³-hybridized carbons (Fsp3) is 0.250. The highest BCUT2D eigenvalue weighted by molar-refractivity contribution is 7.99. The third kappa shape index (κ3) is 5.01. The molecule has 0 atom stereocenters. The molecule has 0 unspecified atom stereocenters. The van der Waals surface area contributed by atoms with Gasteiger partial charge in [0.15, 0.2) is 5.13 Å². The number of aryl methyl sites for hydroxylation is 1. The molecule has 2 heterocycles. The molecule has 0 aliphatic carbocycles. The highest BCUT2D eigenvalue weighted by Gasteiger charge is 2.30. The quantitative estimate of drug-likeness (QED) is 0.462. The second-order valence-corrected chi connectivity index (χ2v) is 7.80. The number of rotatable bonds is 6. The highest BCUT2D eigenvalue weighted by atomic mass is 32.2. The van der Waals surface area contributed by atoms with Crippen molar-refractivity contribution >= 4 is 34.1 Å². The van der Waals surface area contributed by atoms with Crippen LogP contribution in [0.2, 0.25) is 0 Å². The zero-order valence-corrected chi connectivity index (χ0v) is 16.2. The number of anilines is 1. The third-order valence-electron chi connectivity index (χ3n) is 3.60. The molecule has 28 heavy (non-hydrogen) atoms. The molecule has 0 saturated heterocycles. The summed E-state index contributed by atoms with van der Waals surface area (Å²) in [6, 6.07) is 5.13. The average molecular weight is 428 g/mol. The maximum Gasteiger partial charge on any atom is 0.416 e. The van der Waals surface area contributed by atoms with Gasteiger partial charge in [-0.15, -0.1) is 21.5 Å². The molecule has 0 fully saturated rings. The van der Waals surface area contributed by atoms with Gasteiger partial charge in [0.25, 0.3) is 0 Å². The van der Waals surface area contributed by atoms with E-state index < -0.39 is 11.7 Å². The van der Waals surface area contributed by atoms with Gasteiger partial charge in [0.2, 0.25) is 11.1 Å². The number of alkyl halides is 3. The van der Waals surface area contributed by atoms with Crippen LogP contribution in [0, 0.1) is 6.92 Å². The smallest absolute Gasteiger partial charge is 0.336 e. The lowest BCUT2D eigenvalue weighted by atomic mass is 10.1. The molecule has 0 saturated carbocycles. The molecule has 1 aromatic carbocycles. The lowest BCUT2D eigenvalue weighted by molar-refractivity contribution is -0.137. The van der Waals surface area contributed by atoms with E-state index >= 15 is 0 Å². The number of carbonyl (C=O) groups is 1. The summed E-state index contributed by atoms with van der Waals surface area (Å²) in [6.07, 6.45) is -2.55. The summed E-state index contributed by atoms with van der Waals surface area (Å²) >= 11 is 2.34. The summed E-state index contributed by atoms with van der Waals surface area (Å²) in [5.41, 5.74) is -0.174. The minimum Gasteiger partial charge on any atom is -0.336 e. The number of carbonyl (C=O) groups excluding carboxylic acids is 1. The van der Waals surface area contributed by atoms with Crippen molar-refractivity contribution in [2.45, 2.75) is 24.7 Å². The number of benzene rings is 1. The molecular weight excluding hydrogens is 413 g/mol. The lowest BCUT2D eigenvalue weighted by Gasteiger charge is -2.07. The summed E-state index contributed by atoms with van der Waals surface area (Å²) in [7, 11) is 0. The Balaban J connectivity index is 1.57. The molecule has 3 N–H and O–H groups in total. The van der Waals surface area contributed by atoms with Crippen LogP contribution in [-0.4, -0.2) is 31.5 Å². The van der Waals surface area contributed by atoms with E-state index in [2.05, 4.69) is 20.5 Å². The van der Waals surface area contributed by atoms with Crippen molar-refractivity contribution in [2.24, 2.45) is 0 Å². The molecule has 0 spiro atoms. The van der Waals surface area contributed by atoms with Crippen molar-refractivity contribution in [3.05, 3.63) is 52.3 Å². The van der Waals surface area contributed by atoms with Gasteiger partial charge in [-0.3, -0.25) is 4.79 Å². The average Bonchev–Trinajstić information content (AvgIpc) is 3.20. The Hall–Kier alpha value is -2.60. The standard InChI is InChI=1S/C16H15F3N6OS2/c1-9-23-24-15(25(9)20)27-8-13(26)22-14-21-7-12(28-14)6-10-3-2-4-11(5-10)16(17,18)19/h2-5,7H,6,8,20H2,1H3,(H,21,22,26). The first kappa shape index (κ1) is 20.1. The van der Waals surface area contributed by atoms with Gasteiger partial charge in [0, 0.05) is 17.5 Å². The third-order valence-corrected chi connectivity index (χ3v) is 5.46. The van der Waals surface area contributed by atoms with E-state index in [0.717, 1.165) is 28.8 Å². The zero-order chi connectivity index (χ0) is 20.3. The van der Waals surface area contributed by atoms with Crippen LogP contribution in [-0.2, 0) is 17.4 Å². The van der Waals surface area contributed by atoms with Gasteiger partial charge in [-0.25, -0.2) is 9.66 Å². The number of thiazole rings is 1. The molecule has 0 bridgehead atoms. The molecule has 148 valence electrons. The first-order chi connectivity index (χ1) is 13.2. The Bertz CT molecular complexity index is 985. The van der Waals surface area contributed by atoms with Crippen LogP contribution in [0.5, 0.6) is 0 Å². The zero-order valence-electron chi connectivity index (χ0n) is 14.5. The van der Waals surface area contributed by atoms with Crippen LogP contribution in [0.4, 0.5) is 18.3 Å². The normalized spacial score (nSPS) is 11.6. The SMILES string of the molecule is Cc1nnc(SCC(=O)Nc2ncc(Cc3cccc(C(F)(F)F)c3)s2)n1N. The second kappa shape index (κ2) is 8.19. The number of nitrogens with one attached hydrogen (secondary N) is 1. The predicted molar refractivity (Wildman–Crippen MR) is 101 cm³/mol. The van der Waals surface area contributed by atoms with Gasteiger partial charge in [0.1, 0.15) is 5.82 Å². The summed E-state index contributed by atoms with van der Waals surface area (Å²) < 4.78 is 39.7. The van der Waals surface area contributed by atoms with Crippen LogP contribution in [0.3, 0.4) is 0 Å². The molecule has 0 aliphatic rings. The number of aromatic nitrogens is 4. The van der Waals surface area contributed by atoms with E-state index in [1.165, 1.54) is 28.3 Å². The summed E-state index contributed by atoms with van der Waals surface area (Å²) in [5.74, 6) is 6.01. The lowest BCUT2D eigenvalue weighted by Crippen LogP contribution is -2.16. The highest BCUT2D eigenvalue weighted by Crippen LogP contribution is 2.30. The van der Waals surface area contributed by atoms with Crippen molar-refractivity contribution in [3.8, 4) is 0 Å². The molecule has 2 aromatic heterocycles. The van der Waals surface area contributed by atoms with Gasteiger partial charge < -0.3 is 11.2 Å². The van der Waals surface area contributed by atoms with Crippen molar-refractivity contribution < 1.29 is 18.0 Å². The van der Waals surface area contributed by atoms with E-state index in [0.29, 0.717) is 28.1 Å². The van der Waals surface area contributed by atoms with E-state index in [9.17, 15) is 18.0 Å². The Morgan fingerprint density at radius 1 is 1.36 bits per heavy atom. The van der Waals surface area contributed by atoms with E-state index in [4.69, 9.17) is 5.84 Å². The van der Waals surface area contributed by atoms with Gasteiger partial charge >= 0.3 is 6.18 Å². The number of halogens is 3. The van der Waals surface area contributed by atoms with E-state index in [1.807, 2.05) is 0 Å². The Kier molecular flexibility index (Phi) is 5.89. The first-order valence-electron chi connectivity index (χ1n) is 7.93. The minimum atomic E-state index is -4.38. The van der Waals surface area contributed by atoms with E-state index in [1.54, 1.807) is 13.0 Å². The topological polar surface area (TPSA) is 98.7 Å². The van der Waals surface area contributed by atoms with Gasteiger partial charge in [-0.1, -0.05) is 30.0 Å². The van der Waals surface area contributed by atoms with Gasteiger partial charge in [-0.2, -0.15) is 13.2 Å². The van der Waals surface area contributed by atoms with Crippen LogP contribution < -0.4 is 11.2 Å². The monoisotopic (exact) mass is 428 g/mol. The van der Waals surface area contributed by atoms with Crippen molar-refractivity contribution in [3.63, 3.8) is 0 Å². The number of nitrogen functional groups attached to an aromatic ring is 1. The fourth-order valence-corrected chi connectivity index (χ4v) is 3.80. The second-order valence-electron chi connectivity index (χ2n) is 5.74. The molecular formula is C16H15F3N6OS2. The van der Waals surface area contributed by atoms with E-state index in [-0.39, 0.29) is 11.7 Å². The number of hydrogen-bond donors (Lipinski definition) is 2. The fourth-order valence-electron chi connectivity index (χ4n) is 2.24. The van der Waals surface area contributed by atoms with Gasteiger partial charge in [-0.05, 0) is 18.6 Å². The Labute approximate surface area is 166 Å². The molecule has 12 heteroatoms. The van der Waals surface area contributed by atoms with Crippen molar-refractivity contribution in [1.29, 1.82) is 0 Å². The first-order valence-corrected chi connectivity index (χ1v) is 9.73. The summed E-state index contributed by atoms with van der Waals surface area (Å²) in [4.78, 5) is 16.9. The molecule has 1 amide bonds. The maximum absolute atomic E-state index is 12.8. The Morgan fingerprint density at radius 3 is 2.82 bits per heavy atom. The minimum absolute atomic E-state index is 0.0673. The van der Waals surface area contributed by atoms with Crippen molar-refractivity contribution in [1.82, 2.24) is 19.9 Å². The van der Waals surface area contributed by atoms with Gasteiger partial charge in [0.05, 0.1) is 11.3 Å². The maximum atomic E-state index is 12.8. The summed E-state index contributed by atoms with van der Waals surface area (Å²) in [5, 5.41) is 11.1. The number of thioether (sulfide) groups is 1. The van der Waals surface area contributed by atoms with Crippen LogP contribution >= 0.6 is 23.1 Å². The molecule has 0 aliphatic heterocycles. The molecule has 0 radical (unpaired) electrons. The predicted octanol–water partition coefficient (Wildman–Crippen LogP) is 3.10. The number of hydrogen-bond acceptors (Lipinski definition) is 7. The molecule has 3 rings (SSSR count). The number of amides is 1.